The minimum atomic E-state index is -4.44. The van der Waals surface area contributed by atoms with E-state index in [1.165, 1.54) is 6.07 Å². The van der Waals surface area contributed by atoms with Crippen molar-refractivity contribution in [1.29, 1.82) is 5.41 Å². The molecule has 2 N–H and O–H groups in total. The van der Waals surface area contributed by atoms with Crippen LogP contribution >= 0.6 is 0 Å². The fourth-order valence-corrected chi connectivity index (χ4v) is 5.40. The van der Waals surface area contributed by atoms with Crippen molar-refractivity contribution < 1.29 is 22.8 Å². The van der Waals surface area contributed by atoms with E-state index in [9.17, 15) is 22.8 Å². The molecule has 1 fully saturated rings. The van der Waals surface area contributed by atoms with Gasteiger partial charge in [0.2, 0.25) is 11.8 Å². The van der Waals surface area contributed by atoms with Gasteiger partial charge in [-0.1, -0.05) is 78.9 Å². The molecular formula is C31H32F3N3O2. The second kappa shape index (κ2) is 11.8. The van der Waals surface area contributed by atoms with Crippen LogP contribution in [0.25, 0.3) is 0 Å². The van der Waals surface area contributed by atoms with Crippen LogP contribution in [0, 0.1) is 5.41 Å². The fourth-order valence-electron chi connectivity index (χ4n) is 5.40. The molecule has 4 rings (SSSR count). The van der Waals surface area contributed by atoms with Gasteiger partial charge in [0.15, 0.2) is 0 Å². The van der Waals surface area contributed by atoms with Crippen molar-refractivity contribution >= 4 is 17.5 Å². The zero-order valence-electron chi connectivity index (χ0n) is 21.8. The highest BCUT2D eigenvalue weighted by molar-refractivity contribution is 5.95. The number of carbonyl (C=O) groups is 2. The monoisotopic (exact) mass is 535 g/mol. The first-order valence-electron chi connectivity index (χ1n) is 13.0. The first-order chi connectivity index (χ1) is 18.6. The number of rotatable bonds is 9. The number of amides is 2. The first-order valence-corrected chi connectivity index (χ1v) is 13.0. The minimum Gasteiger partial charge on any atom is -0.352 e. The van der Waals surface area contributed by atoms with Crippen LogP contribution < -0.4 is 5.32 Å². The lowest BCUT2D eigenvalue weighted by Crippen LogP contribution is -2.55. The van der Waals surface area contributed by atoms with E-state index in [0.717, 1.165) is 29.7 Å². The van der Waals surface area contributed by atoms with Crippen LogP contribution in [0.3, 0.4) is 0 Å². The predicted molar refractivity (Wildman–Crippen MR) is 145 cm³/mol. The molecule has 1 aliphatic heterocycles. The Labute approximate surface area is 226 Å². The van der Waals surface area contributed by atoms with Crippen LogP contribution in [0.4, 0.5) is 13.2 Å². The molecule has 0 aromatic heterocycles. The van der Waals surface area contributed by atoms with Crippen molar-refractivity contribution in [3.63, 3.8) is 0 Å². The van der Waals surface area contributed by atoms with Crippen molar-refractivity contribution in [1.82, 2.24) is 10.2 Å². The molecule has 1 heterocycles. The van der Waals surface area contributed by atoms with E-state index in [-0.39, 0.29) is 36.9 Å². The lowest BCUT2D eigenvalue weighted by molar-refractivity contribution is -0.142. The van der Waals surface area contributed by atoms with Crippen molar-refractivity contribution in [3.05, 3.63) is 107 Å². The topological polar surface area (TPSA) is 73.3 Å². The molecule has 0 aliphatic carbocycles. The number of likely N-dealkylation sites (tertiary alicyclic amines) is 1. The normalized spacial score (nSPS) is 16.0. The highest BCUT2D eigenvalue weighted by Crippen LogP contribution is 2.41. The van der Waals surface area contributed by atoms with Crippen LogP contribution in [0.5, 0.6) is 0 Å². The maximum Gasteiger partial charge on any atom is 0.416 e. The lowest BCUT2D eigenvalue weighted by atomic mass is 9.68. The van der Waals surface area contributed by atoms with Gasteiger partial charge in [-0.05, 0) is 42.5 Å². The zero-order chi connectivity index (χ0) is 28.0. The molecule has 0 bridgehead atoms. The van der Waals surface area contributed by atoms with E-state index in [2.05, 4.69) is 5.32 Å². The first kappa shape index (κ1) is 28.1. The Morgan fingerprint density at radius 3 is 2.21 bits per heavy atom. The lowest BCUT2D eigenvalue weighted by Gasteiger charge is -2.42. The van der Waals surface area contributed by atoms with Crippen LogP contribution in [0.2, 0.25) is 0 Å². The molecule has 0 radical (unpaired) electrons. The summed E-state index contributed by atoms with van der Waals surface area (Å²) >= 11 is 0. The van der Waals surface area contributed by atoms with Gasteiger partial charge in [0.05, 0.1) is 17.5 Å². The number of hydrogen-bond acceptors (Lipinski definition) is 3. The van der Waals surface area contributed by atoms with Crippen molar-refractivity contribution in [2.45, 2.75) is 50.2 Å². The molecule has 3 aromatic rings. The summed E-state index contributed by atoms with van der Waals surface area (Å²) in [5.41, 5.74) is 0.765. The number of halogens is 3. The smallest absolute Gasteiger partial charge is 0.352 e. The van der Waals surface area contributed by atoms with Crippen molar-refractivity contribution in [2.75, 3.05) is 13.1 Å². The van der Waals surface area contributed by atoms with Crippen LogP contribution in [-0.4, -0.2) is 41.6 Å². The number of carbonyl (C=O) groups excluding carboxylic acids is 2. The zero-order valence-corrected chi connectivity index (χ0v) is 21.8. The second-order valence-corrected chi connectivity index (χ2v) is 10.1. The highest BCUT2D eigenvalue weighted by Gasteiger charge is 2.46. The third-order valence-electron chi connectivity index (χ3n) is 7.13. The average molecular weight is 536 g/mol. The molecule has 1 aliphatic rings. The maximum atomic E-state index is 14.0. The maximum absolute atomic E-state index is 14.0. The van der Waals surface area contributed by atoms with E-state index >= 15 is 0 Å². The van der Waals surface area contributed by atoms with E-state index in [1.807, 2.05) is 60.7 Å². The van der Waals surface area contributed by atoms with Gasteiger partial charge in [-0.2, -0.15) is 13.2 Å². The summed E-state index contributed by atoms with van der Waals surface area (Å²) in [5.74, 6) is -0.453. The highest BCUT2D eigenvalue weighted by atomic mass is 19.4. The average Bonchev–Trinajstić information content (AvgIpc) is 2.90. The second-order valence-electron chi connectivity index (χ2n) is 10.1. The fraction of sp³-hybridized carbons (Fsp3) is 0.323. The van der Waals surface area contributed by atoms with Gasteiger partial charge in [0.1, 0.15) is 0 Å². The molecule has 204 valence electrons. The van der Waals surface area contributed by atoms with Gasteiger partial charge in [-0.3, -0.25) is 9.59 Å². The molecule has 39 heavy (non-hydrogen) atoms. The molecule has 1 atom stereocenters. The van der Waals surface area contributed by atoms with E-state index in [4.69, 9.17) is 5.41 Å². The Morgan fingerprint density at radius 2 is 1.62 bits per heavy atom. The SMILES string of the molecule is C[C@@H](CC(=N)Cc1cccc(C(F)(F)F)c1)NC(=O)CN1CCCC(c2ccccc2)(c2ccccc2)C1=O. The third-order valence-corrected chi connectivity index (χ3v) is 7.13. The minimum absolute atomic E-state index is 0.0609. The molecule has 5 nitrogen and oxygen atoms in total. The summed E-state index contributed by atoms with van der Waals surface area (Å²) in [5, 5.41) is 11.1. The predicted octanol–water partition coefficient (Wildman–Crippen LogP) is 5.77. The molecular weight excluding hydrogens is 503 g/mol. The van der Waals surface area contributed by atoms with Crippen molar-refractivity contribution in [2.24, 2.45) is 0 Å². The molecule has 0 unspecified atom stereocenters. The summed E-state index contributed by atoms with van der Waals surface area (Å²) in [4.78, 5) is 28.5. The number of nitrogens with zero attached hydrogens (tertiary/aromatic N) is 1. The van der Waals surface area contributed by atoms with Crippen LogP contribution in [0.1, 0.15) is 48.4 Å². The summed E-state index contributed by atoms with van der Waals surface area (Å²) in [6.45, 7) is 2.10. The number of piperidine rings is 1. The Balaban J connectivity index is 1.40. The Bertz CT molecular complexity index is 1270. The molecule has 3 aromatic carbocycles. The van der Waals surface area contributed by atoms with Gasteiger partial charge >= 0.3 is 6.18 Å². The molecule has 0 saturated carbocycles. The summed E-state index contributed by atoms with van der Waals surface area (Å²) < 4.78 is 39.0. The van der Waals surface area contributed by atoms with E-state index < -0.39 is 23.2 Å². The number of hydrogen-bond donors (Lipinski definition) is 2. The van der Waals surface area contributed by atoms with Crippen LogP contribution in [-0.2, 0) is 27.6 Å². The summed E-state index contributed by atoms with van der Waals surface area (Å²) in [6, 6.07) is 23.8. The molecule has 2 amide bonds. The summed E-state index contributed by atoms with van der Waals surface area (Å²) in [6.07, 6.45) is -2.82. The van der Waals surface area contributed by atoms with Crippen LogP contribution in [0.15, 0.2) is 84.9 Å². The molecule has 8 heteroatoms. The third kappa shape index (κ3) is 6.56. The van der Waals surface area contributed by atoms with Crippen molar-refractivity contribution in [3.8, 4) is 0 Å². The van der Waals surface area contributed by atoms with Gasteiger partial charge in [-0.15, -0.1) is 0 Å². The van der Waals surface area contributed by atoms with E-state index in [0.29, 0.717) is 18.5 Å². The number of benzene rings is 3. The molecule has 1 saturated heterocycles. The Morgan fingerprint density at radius 1 is 1.00 bits per heavy atom. The molecule has 0 spiro atoms. The Hall–Kier alpha value is -3.94. The number of alkyl halides is 3. The summed E-state index contributed by atoms with van der Waals surface area (Å²) in [7, 11) is 0. The Kier molecular flexibility index (Phi) is 8.53. The quantitative estimate of drug-likeness (QED) is 0.342. The van der Waals surface area contributed by atoms with Gasteiger partial charge in [0, 0.05) is 31.1 Å². The van der Waals surface area contributed by atoms with Gasteiger partial charge in [-0.25, -0.2) is 0 Å². The van der Waals surface area contributed by atoms with Gasteiger partial charge in [0.25, 0.3) is 0 Å². The van der Waals surface area contributed by atoms with E-state index in [1.54, 1.807) is 17.9 Å². The largest absolute Gasteiger partial charge is 0.416 e. The standard InChI is InChI=1S/C31H32F3N3O2/c1-22(18-27(35)20-23-10-8-15-26(19-23)31(32,33)34)36-28(38)21-37-17-9-16-30(29(37)39,24-11-4-2-5-12-24)25-13-6-3-7-14-25/h2-8,10-15,19,22,35H,9,16-18,20-21H2,1H3,(H,36,38)/t22-/m0/s1. The van der Waals surface area contributed by atoms with Gasteiger partial charge < -0.3 is 15.6 Å². The number of nitrogens with one attached hydrogen (secondary N) is 2.